The Morgan fingerprint density at radius 2 is 1.76 bits per heavy atom. The number of amides is 1. The summed E-state index contributed by atoms with van der Waals surface area (Å²) in [5, 5.41) is 8.25. The number of rotatable bonds is 8. The van der Waals surface area contributed by atoms with Crippen LogP contribution in [0.1, 0.15) is 30.5 Å². The van der Waals surface area contributed by atoms with Crippen LogP contribution in [-0.4, -0.2) is 53.3 Å². The van der Waals surface area contributed by atoms with E-state index in [4.69, 9.17) is 9.47 Å². The standard InChI is InChI=1S/C26H30N4O4/c1-33-22-10-8-20(17-23(22)34-2)25-27-26(32)21(28-29-25)9-11-24(31)30-14-12-19(13-15-30)16-18-6-4-3-5-7-18/h3-8,10,17,19H,9,11-16H2,1-2H3,(H,27,29,32). The number of ether oxygens (including phenoxy) is 2. The molecule has 2 aromatic carbocycles. The molecule has 0 saturated carbocycles. The molecule has 1 aliphatic rings. The van der Waals surface area contributed by atoms with Gasteiger partial charge in [-0.15, -0.1) is 10.2 Å². The maximum atomic E-state index is 12.7. The van der Waals surface area contributed by atoms with Gasteiger partial charge in [-0.1, -0.05) is 30.3 Å². The maximum absolute atomic E-state index is 12.7. The number of benzene rings is 2. The van der Waals surface area contributed by atoms with Crippen LogP contribution in [0.4, 0.5) is 0 Å². The zero-order valence-electron chi connectivity index (χ0n) is 19.6. The number of likely N-dealkylation sites (tertiary alicyclic amines) is 1. The van der Waals surface area contributed by atoms with Crippen molar-refractivity contribution in [2.24, 2.45) is 5.92 Å². The second-order valence-electron chi connectivity index (χ2n) is 8.53. The Balaban J connectivity index is 1.31. The second-order valence-corrected chi connectivity index (χ2v) is 8.53. The molecule has 0 radical (unpaired) electrons. The summed E-state index contributed by atoms with van der Waals surface area (Å²) in [4.78, 5) is 29.9. The molecular weight excluding hydrogens is 432 g/mol. The summed E-state index contributed by atoms with van der Waals surface area (Å²) in [5.74, 6) is 2.11. The number of aromatic amines is 1. The molecule has 0 aliphatic carbocycles. The summed E-state index contributed by atoms with van der Waals surface area (Å²) in [6, 6.07) is 15.7. The van der Waals surface area contributed by atoms with Crippen LogP contribution in [0.2, 0.25) is 0 Å². The summed E-state index contributed by atoms with van der Waals surface area (Å²) in [7, 11) is 3.10. The Kier molecular flexibility index (Phi) is 7.57. The molecule has 1 aliphatic heterocycles. The van der Waals surface area contributed by atoms with Crippen LogP contribution < -0.4 is 15.0 Å². The van der Waals surface area contributed by atoms with Crippen molar-refractivity contribution >= 4 is 5.91 Å². The smallest absolute Gasteiger partial charge is 0.273 e. The Labute approximate surface area is 198 Å². The third-order valence-electron chi connectivity index (χ3n) is 6.33. The third kappa shape index (κ3) is 5.62. The lowest BCUT2D eigenvalue weighted by Crippen LogP contribution is -2.39. The predicted octanol–water partition coefficient (Wildman–Crippen LogP) is 3.26. The second kappa shape index (κ2) is 11.0. The van der Waals surface area contributed by atoms with Crippen molar-refractivity contribution in [1.82, 2.24) is 20.1 Å². The molecule has 178 valence electrons. The SMILES string of the molecule is COc1ccc(-c2nnc(CCC(=O)N3CCC(Cc4ccccc4)CC3)c(=O)[nH]2)cc1OC. The van der Waals surface area contributed by atoms with E-state index in [1.807, 2.05) is 11.0 Å². The first kappa shape index (κ1) is 23.5. The van der Waals surface area contributed by atoms with E-state index in [9.17, 15) is 9.59 Å². The number of hydrogen-bond acceptors (Lipinski definition) is 6. The van der Waals surface area contributed by atoms with Crippen molar-refractivity contribution in [2.75, 3.05) is 27.3 Å². The molecule has 1 saturated heterocycles. The average molecular weight is 463 g/mol. The van der Waals surface area contributed by atoms with Crippen molar-refractivity contribution in [1.29, 1.82) is 0 Å². The van der Waals surface area contributed by atoms with Crippen LogP contribution in [0.3, 0.4) is 0 Å². The minimum atomic E-state index is -0.339. The molecule has 0 unspecified atom stereocenters. The van der Waals surface area contributed by atoms with Crippen molar-refractivity contribution < 1.29 is 14.3 Å². The number of piperidine rings is 1. The molecular formula is C26H30N4O4. The van der Waals surface area contributed by atoms with E-state index < -0.39 is 0 Å². The minimum absolute atomic E-state index is 0.0586. The number of methoxy groups -OCH3 is 2. The monoisotopic (exact) mass is 462 g/mol. The Morgan fingerprint density at radius 1 is 1.03 bits per heavy atom. The van der Waals surface area contributed by atoms with Gasteiger partial charge in [0, 0.05) is 31.5 Å². The molecule has 34 heavy (non-hydrogen) atoms. The summed E-state index contributed by atoms with van der Waals surface area (Å²) < 4.78 is 10.5. The van der Waals surface area contributed by atoms with Crippen LogP contribution >= 0.6 is 0 Å². The third-order valence-corrected chi connectivity index (χ3v) is 6.33. The van der Waals surface area contributed by atoms with Gasteiger partial charge in [-0.25, -0.2) is 0 Å². The van der Waals surface area contributed by atoms with Gasteiger partial charge in [-0.3, -0.25) is 9.59 Å². The van der Waals surface area contributed by atoms with Gasteiger partial charge in [0.2, 0.25) is 5.91 Å². The maximum Gasteiger partial charge on any atom is 0.273 e. The number of aryl methyl sites for hydroxylation is 1. The number of carbonyl (C=O) groups excluding carboxylic acids is 1. The Morgan fingerprint density at radius 3 is 2.44 bits per heavy atom. The van der Waals surface area contributed by atoms with E-state index in [2.05, 4.69) is 39.4 Å². The van der Waals surface area contributed by atoms with Gasteiger partial charge >= 0.3 is 0 Å². The van der Waals surface area contributed by atoms with Gasteiger partial charge in [-0.2, -0.15) is 0 Å². The number of aromatic nitrogens is 3. The molecule has 4 rings (SSSR count). The molecule has 2 heterocycles. The van der Waals surface area contributed by atoms with Crippen LogP contribution in [0.5, 0.6) is 11.5 Å². The highest BCUT2D eigenvalue weighted by Crippen LogP contribution is 2.30. The summed E-state index contributed by atoms with van der Waals surface area (Å²) >= 11 is 0. The van der Waals surface area contributed by atoms with Gasteiger partial charge in [0.1, 0.15) is 5.69 Å². The van der Waals surface area contributed by atoms with E-state index in [0.29, 0.717) is 28.8 Å². The molecule has 1 fully saturated rings. The topological polar surface area (TPSA) is 97.4 Å². The Bertz CT molecular complexity index is 1170. The number of nitrogens with one attached hydrogen (secondary N) is 1. The molecule has 3 aromatic rings. The lowest BCUT2D eigenvalue weighted by molar-refractivity contribution is -0.132. The fraction of sp³-hybridized carbons (Fsp3) is 0.385. The zero-order chi connectivity index (χ0) is 23.9. The molecule has 0 atom stereocenters. The predicted molar refractivity (Wildman–Crippen MR) is 129 cm³/mol. The van der Waals surface area contributed by atoms with Crippen molar-refractivity contribution in [3.8, 4) is 22.9 Å². The molecule has 8 heteroatoms. The van der Waals surface area contributed by atoms with Gasteiger partial charge < -0.3 is 19.4 Å². The van der Waals surface area contributed by atoms with Crippen molar-refractivity contribution in [3.63, 3.8) is 0 Å². The molecule has 0 bridgehead atoms. The van der Waals surface area contributed by atoms with Gasteiger partial charge in [0.15, 0.2) is 17.3 Å². The minimum Gasteiger partial charge on any atom is -0.493 e. The lowest BCUT2D eigenvalue weighted by atomic mass is 9.90. The Hall–Kier alpha value is -3.68. The fourth-order valence-electron chi connectivity index (χ4n) is 4.35. The van der Waals surface area contributed by atoms with Gasteiger partial charge in [0.05, 0.1) is 14.2 Å². The quantitative estimate of drug-likeness (QED) is 0.552. The van der Waals surface area contributed by atoms with E-state index in [0.717, 1.165) is 32.4 Å². The largest absolute Gasteiger partial charge is 0.493 e. The summed E-state index contributed by atoms with van der Waals surface area (Å²) in [6.45, 7) is 1.52. The highest BCUT2D eigenvalue weighted by atomic mass is 16.5. The number of carbonyl (C=O) groups is 1. The average Bonchev–Trinajstić information content (AvgIpc) is 2.88. The molecule has 0 spiro atoms. The molecule has 1 aromatic heterocycles. The van der Waals surface area contributed by atoms with E-state index in [1.165, 1.54) is 5.56 Å². The van der Waals surface area contributed by atoms with Crippen molar-refractivity contribution in [2.45, 2.75) is 32.1 Å². The highest BCUT2D eigenvalue weighted by Gasteiger charge is 2.23. The van der Waals surface area contributed by atoms with Crippen molar-refractivity contribution in [3.05, 3.63) is 70.1 Å². The van der Waals surface area contributed by atoms with Crippen LogP contribution in [0, 0.1) is 5.92 Å². The first-order valence-corrected chi connectivity index (χ1v) is 11.6. The zero-order valence-corrected chi connectivity index (χ0v) is 19.6. The van der Waals surface area contributed by atoms with Crippen LogP contribution in [0.25, 0.3) is 11.4 Å². The normalized spacial score (nSPS) is 14.1. The summed E-state index contributed by atoms with van der Waals surface area (Å²) in [6.07, 6.45) is 3.57. The van der Waals surface area contributed by atoms with Crippen LogP contribution in [-0.2, 0) is 17.6 Å². The highest BCUT2D eigenvalue weighted by molar-refractivity contribution is 5.76. The van der Waals surface area contributed by atoms with Crippen LogP contribution in [0.15, 0.2) is 53.3 Å². The van der Waals surface area contributed by atoms with Gasteiger partial charge in [0.25, 0.3) is 5.56 Å². The van der Waals surface area contributed by atoms with E-state index in [-0.39, 0.29) is 30.0 Å². The van der Waals surface area contributed by atoms with Gasteiger partial charge in [-0.05, 0) is 48.9 Å². The van der Waals surface area contributed by atoms with E-state index in [1.54, 1.807) is 32.4 Å². The summed E-state index contributed by atoms with van der Waals surface area (Å²) in [5.41, 5.74) is 1.93. The molecule has 1 amide bonds. The number of H-pyrrole nitrogens is 1. The number of nitrogens with zero attached hydrogens (tertiary/aromatic N) is 3. The van der Waals surface area contributed by atoms with E-state index >= 15 is 0 Å². The molecule has 1 N–H and O–H groups in total. The number of hydrogen-bond donors (Lipinski definition) is 1. The molecule has 8 nitrogen and oxygen atoms in total. The fourth-order valence-corrected chi connectivity index (χ4v) is 4.35. The lowest BCUT2D eigenvalue weighted by Gasteiger charge is -2.32. The first-order valence-electron chi connectivity index (χ1n) is 11.6. The first-order chi connectivity index (χ1) is 16.6.